The van der Waals surface area contributed by atoms with Crippen LogP contribution in [0.5, 0.6) is 17.2 Å². The Labute approximate surface area is 155 Å². The second-order valence-corrected chi connectivity index (χ2v) is 6.13. The number of amides is 1. The van der Waals surface area contributed by atoms with Crippen molar-refractivity contribution in [2.45, 2.75) is 0 Å². The minimum Gasteiger partial charge on any atom is -0.497 e. The zero-order valence-corrected chi connectivity index (χ0v) is 15.4. The molecule has 0 aliphatic carbocycles. The van der Waals surface area contributed by atoms with E-state index in [1.165, 1.54) is 0 Å². The molecule has 6 nitrogen and oxygen atoms in total. The SMILES string of the molecule is COc1ccc(-c2cc(C(=O)Nc3ccc(OC)c(OC)c3)sn2)cc1. The normalized spacial score (nSPS) is 10.3. The van der Waals surface area contributed by atoms with Gasteiger partial charge >= 0.3 is 0 Å². The number of rotatable bonds is 6. The van der Waals surface area contributed by atoms with Gasteiger partial charge in [-0.25, -0.2) is 0 Å². The van der Waals surface area contributed by atoms with E-state index in [0.717, 1.165) is 28.5 Å². The van der Waals surface area contributed by atoms with E-state index in [2.05, 4.69) is 9.69 Å². The van der Waals surface area contributed by atoms with Crippen molar-refractivity contribution in [3.63, 3.8) is 0 Å². The molecule has 1 N–H and O–H groups in total. The fourth-order valence-corrected chi connectivity index (χ4v) is 3.04. The van der Waals surface area contributed by atoms with Gasteiger partial charge in [0.2, 0.25) is 0 Å². The first kappa shape index (κ1) is 17.8. The Balaban J connectivity index is 1.75. The predicted octanol–water partition coefficient (Wildman–Crippen LogP) is 4.09. The Morgan fingerprint density at radius 1 is 0.923 bits per heavy atom. The van der Waals surface area contributed by atoms with E-state index < -0.39 is 0 Å². The highest BCUT2D eigenvalue weighted by molar-refractivity contribution is 7.08. The third-order valence-corrected chi connectivity index (χ3v) is 4.55. The summed E-state index contributed by atoms with van der Waals surface area (Å²) in [5, 5.41) is 2.84. The highest BCUT2D eigenvalue weighted by Crippen LogP contribution is 2.30. The lowest BCUT2D eigenvalue weighted by atomic mass is 10.1. The van der Waals surface area contributed by atoms with Crippen LogP contribution in [0.1, 0.15) is 9.67 Å². The predicted molar refractivity (Wildman–Crippen MR) is 102 cm³/mol. The van der Waals surface area contributed by atoms with E-state index in [1.54, 1.807) is 45.6 Å². The Bertz CT molecular complexity index is 906. The zero-order valence-electron chi connectivity index (χ0n) is 14.6. The highest BCUT2D eigenvalue weighted by Gasteiger charge is 2.13. The number of benzene rings is 2. The van der Waals surface area contributed by atoms with Crippen LogP contribution < -0.4 is 19.5 Å². The molecule has 0 unspecified atom stereocenters. The summed E-state index contributed by atoms with van der Waals surface area (Å²) in [5.74, 6) is 1.70. The number of anilines is 1. The average molecular weight is 370 g/mol. The van der Waals surface area contributed by atoms with Gasteiger partial charge in [-0.05, 0) is 54.0 Å². The molecule has 0 saturated heterocycles. The summed E-state index contributed by atoms with van der Waals surface area (Å²) < 4.78 is 20.0. The third kappa shape index (κ3) is 3.78. The molecule has 0 saturated carbocycles. The van der Waals surface area contributed by atoms with Gasteiger partial charge in [0.1, 0.15) is 10.6 Å². The van der Waals surface area contributed by atoms with Crippen molar-refractivity contribution in [1.29, 1.82) is 0 Å². The largest absolute Gasteiger partial charge is 0.497 e. The number of nitrogens with zero attached hydrogens (tertiary/aromatic N) is 1. The smallest absolute Gasteiger partial charge is 0.267 e. The lowest BCUT2D eigenvalue weighted by molar-refractivity contribution is 0.103. The summed E-state index contributed by atoms with van der Waals surface area (Å²) in [6.45, 7) is 0. The van der Waals surface area contributed by atoms with Crippen LogP contribution in [0.3, 0.4) is 0 Å². The van der Waals surface area contributed by atoms with Crippen LogP contribution in [0.4, 0.5) is 5.69 Å². The van der Waals surface area contributed by atoms with Gasteiger partial charge in [-0.15, -0.1) is 0 Å². The molecule has 0 radical (unpaired) electrons. The number of aromatic nitrogens is 1. The first-order chi connectivity index (χ1) is 12.6. The maximum atomic E-state index is 12.5. The lowest BCUT2D eigenvalue weighted by Crippen LogP contribution is -2.10. The van der Waals surface area contributed by atoms with Crippen molar-refractivity contribution in [2.24, 2.45) is 0 Å². The standard InChI is InChI=1S/C19H18N2O4S/c1-23-14-7-4-12(5-8-14)15-11-18(26-21-15)19(22)20-13-6-9-16(24-2)17(10-13)25-3/h4-11H,1-3H3,(H,20,22). The summed E-state index contributed by atoms with van der Waals surface area (Å²) >= 11 is 1.15. The molecule has 2 aromatic carbocycles. The number of carbonyl (C=O) groups excluding carboxylic acids is 1. The zero-order chi connectivity index (χ0) is 18.5. The average Bonchev–Trinajstić information content (AvgIpc) is 3.18. The second kappa shape index (κ2) is 7.88. The highest BCUT2D eigenvalue weighted by atomic mass is 32.1. The molecule has 1 amide bonds. The van der Waals surface area contributed by atoms with E-state index in [4.69, 9.17) is 14.2 Å². The van der Waals surface area contributed by atoms with Crippen LogP contribution in [0.25, 0.3) is 11.3 Å². The van der Waals surface area contributed by atoms with Gasteiger partial charge in [0, 0.05) is 17.3 Å². The molecule has 0 aliphatic heterocycles. The first-order valence-corrected chi connectivity index (χ1v) is 8.56. The Morgan fingerprint density at radius 2 is 1.65 bits per heavy atom. The van der Waals surface area contributed by atoms with Crippen LogP contribution in [0, 0.1) is 0 Å². The van der Waals surface area contributed by atoms with Crippen molar-refractivity contribution < 1.29 is 19.0 Å². The Hall–Kier alpha value is -3.06. The molecule has 1 aromatic heterocycles. The molecule has 0 aliphatic rings. The number of nitrogens with one attached hydrogen (secondary N) is 1. The van der Waals surface area contributed by atoms with E-state index in [-0.39, 0.29) is 5.91 Å². The summed E-state index contributed by atoms with van der Waals surface area (Å²) in [7, 11) is 4.73. The summed E-state index contributed by atoms with van der Waals surface area (Å²) in [6, 6.07) is 14.5. The third-order valence-electron chi connectivity index (χ3n) is 3.76. The summed E-state index contributed by atoms with van der Waals surface area (Å²) in [4.78, 5) is 13.0. The van der Waals surface area contributed by atoms with Crippen molar-refractivity contribution in [1.82, 2.24) is 4.37 Å². The van der Waals surface area contributed by atoms with Gasteiger partial charge in [0.25, 0.3) is 5.91 Å². The topological polar surface area (TPSA) is 69.7 Å². The summed E-state index contributed by atoms with van der Waals surface area (Å²) in [6.07, 6.45) is 0. The number of methoxy groups -OCH3 is 3. The molecular formula is C19H18N2O4S. The van der Waals surface area contributed by atoms with Crippen molar-refractivity contribution in [3.8, 4) is 28.5 Å². The van der Waals surface area contributed by atoms with Gasteiger partial charge in [-0.1, -0.05) is 0 Å². The van der Waals surface area contributed by atoms with E-state index in [9.17, 15) is 4.79 Å². The molecule has 3 aromatic rings. The molecule has 0 atom stereocenters. The number of hydrogen-bond donors (Lipinski definition) is 1. The maximum absolute atomic E-state index is 12.5. The van der Waals surface area contributed by atoms with Crippen molar-refractivity contribution in [2.75, 3.05) is 26.6 Å². The van der Waals surface area contributed by atoms with Crippen LogP contribution in [0.15, 0.2) is 48.5 Å². The van der Waals surface area contributed by atoms with E-state index >= 15 is 0 Å². The van der Waals surface area contributed by atoms with Gasteiger partial charge in [0.05, 0.1) is 27.0 Å². The molecule has 0 fully saturated rings. The van der Waals surface area contributed by atoms with Crippen molar-refractivity contribution >= 4 is 23.1 Å². The molecule has 7 heteroatoms. The number of ether oxygens (including phenoxy) is 3. The number of carbonyl (C=O) groups is 1. The molecule has 0 spiro atoms. The second-order valence-electron chi connectivity index (χ2n) is 5.33. The van der Waals surface area contributed by atoms with Gasteiger partial charge in [0.15, 0.2) is 11.5 Å². The molecular weight excluding hydrogens is 352 g/mol. The minimum absolute atomic E-state index is 0.227. The molecule has 0 bridgehead atoms. The molecule has 3 rings (SSSR count). The first-order valence-electron chi connectivity index (χ1n) is 7.79. The monoisotopic (exact) mass is 370 g/mol. The van der Waals surface area contributed by atoms with Gasteiger partial charge in [-0.2, -0.15) is 4.37 Å². The fraction of sp³-hybridized carbons (Fsp3) is 0.158. The molecule has 1 heterocycles. The van der Waals surface area contributed by atoms with Crippen LogP contribution in [-0.2, 0) is 0 Å². The lowest BCUT2D eigenvalue weighted by Gasteiger charge is -2.10. The van der Waals surface area contributed by atoms with Crippen LogP contribution in [0.2, 0.25) is 0 Å². The number of hydrogen-bond acceptors (Lipinski definition) is 6. The fourth-order valence-electron chi connectivity index (χ4n) is 2.39. The van der Waals surface area contributed by atoms with E-state index in [0.29, 0.717) is 22.1 Å². The van der Waals surface area contributed by atoms with Crippen molar-refractivity contribution in [3.05, 3.63) is 53.4 Å². The Morgan fingerprint density at radius 3 is 2.31 bits per heavy atom. The maximum Gasteiger partial charge on any atom is 0.267 e. The minimum atomic E-state index is -0.227. The van der Waals surface area contributed by atoms with Crippen LogP contribution in [-0.4, -0.2) is 31.6 Å². The summed E-state index contributed by atoms with van der Waals surface area (Å²) in [5.41, 5.74) is 2.29. The molecule has 134 valence electrons. The van der Waals surface area contributed by atoms with Gasteiger partial charge in [-0.3, -0.25) is 4.79 Å². The van der Waals surface area contributed by atoms with E-state index in [1.807, 2.05) is 24.3 Å². The quantitative estimate of drug-likeness (QED) is 0.708. The molecule has 26 heavy (non-hydrogen) atoms. The van der Waals surface area contributed by atoms with Gasteiger partial charge < -0.3 is 19.5 Å². The Kier molecular flexibility index (Phi) is 5.38. The van der Waals surface area contributed by atoms with Crippen LogP contribution >= 0.6 is 11.5 Å².